The molecule has 1 saturated carbocycles. The van der Waals surface area contributed by atoms with Crippen molar-refractivity contribution in [3.05, 3.63) is 64.6 Å². The molecule has 2 aliphatic heterocycles. The summed E-state index contributed by atoms with van der Waals surface area (Å²) >= 11 is 6.58. The Bertz CT molecular complexity index is 1730. The van der Waals surface area contributed by atoms with Gasteiger partial charge in [0.1, 0.15) is 12.5 Å². The summed E-state index contributed by atoms with van der Waals surface area (Å²) in [5.41, 5.74) is 1.56. The first-order chi connectivity index (χ1) is 24.4. The van der Waals surface area contributed by atoms with Crippen LogP contribution in [0.15, 0.2) is 42.6 Å². The molecule has 0 radical (unpaired) electrons. The maximum atomic E-state index is 15.6. The van der Waals surface area contributed by atoms with Gasteiger partial charge in [-0.05, 0) is 69.7 Å². The number of carboxylic acids is 1. The van der Waals surface area contributed by atoms with Crippen molar-refractivity contribution in [2.75, 3.05) is 44.8 Å². The van der Waals surface area contributed by atoms with E-state index in [0.717, 1.165) is 30.1 Å². The molecule has 4 atom stereocenters. The van der Waals surface area contributed by atoms with Crippen molar-refractivity contribution in [3.8, 4) is 0 Å². The highest BCUT2D eigenvalue weighted by Gasteiger charge is 2.42. The number of aliphatic carboxylic acids is 1. The van der Waals surface area contributed by atoms with Crippen LogP contribution in [0.2, 0.25) is 5.02 Å². The molecule has 3 aliphatic rings. The lowest BCUT2D eigenvalue weighted by atomic mass is 9.87. The summed E-state index contributed by atoms with van der Waals surface area (Å²) < 4.78 is 37.0. The molecule has 2 amide bonds. The van der Waals surface area contributed by atoms with Gasteiger partial charge >= 0.3 is 5.97 Å². The maximum Gasteiger partial charge on any atom is 0.306 e. The fourth-order valence-corrected chi connectivity index (χ4v) is 8.61. The average molecular weight is 728 g/mol. The highest BCUT2D eigenvalue weighted by Crippen LogP contribution is 2.32. The molecular formula is C38H48ClF2N5O5. The van der Waals surface area contributed by atoms with Crippen molar-refractivity contribution in [1.82, 2.24) is 19.3 Å². The molecule has 2 saturated heterocycles. The molecule has 1 aliphatic carbocycles. The van der Waals surface area contributed by atoms with Crippen LogP contribution >= 0.6 is 11.6 Å². The monoisotopic (exact) mass is 727 g/mol. The summed E-state index contributed by atoms with van der Waals surface area (Å²) in [7, 11) is 1.85. The molecule has 1 aromatic heterocycles. The van der Waals surface area contributed by atoms with Gasteiger partial charge in [-0.3, -0.25) is 24.2 Å². The quantitative estimate of drug-likeness (QED) is 0.259. The Labute approximate surface area is 302 Å². The highest BCUT2D eigenvalue weighted by atomic mass is 35.5. The first kappa shape index (κ1) is 37.2. The second-order valence-electron chi connectivity index (χ2n) is 14.5. The lowest BCUT2D eigenvalue weighted by Crippen LogP contribution is -2.59. The third kappa shape index (κ3) is 8.24. The van der Waals surface area contributed by atoms with Crippen LogP contribution in [0.1, 0.15) is 61.9 Å². The Balaban J connectivity index is 1.15. The van der Waals surface area contributed by atoms with Crippen molar-refractivity contribution >= 4 is 46.0 Å². The number of hydrogen-bond acceptors (Lipinski definition) is 6. The minimum absolute atomic E-state index is 0.0582. The van der Waals surface area contributed by atoms with Crippen LogP contribution < -0.4 is 5.32 Å². The number of alkyl halides is 1. The summed E-state index contributed by atoms with van der Waals surface area (Å²) in [6.07, 6.45) is 4.54. The van der Waals surface area contributed by atoms with Crippen molar-refractivity contribution < 1.29 is 33.0 Å². The highest BCUT2D eigenvalue weighted by molar-refractivity contribution is 6.34. The molecule has 3 aromatic rings. The number of aromatic nitrogens is 1. The van der Waals surface area contributed by atoms with E-state index in [1.54, 1.807) is 11.1 Å². The molecule has 0 bridgehead atoms. The third-order valence-electron chi connectivity index (χ3n) is 11.1. The number of piperazine rings is 1. The topological polar surface area (TPSA) is 107 Å². The van der Waals surface area contributed by atoms with Gasteiger partial charge in [-0.25, -0.2) is 8.78 Å². The molecule has 10 nitrogen and oxygen atoms in total. The molecule has 276 valence electrons. The SMILES string of the molecule is CC1CN([C@H]2C[C@@H](CO[C@H]3CC[C@H](C(=O)O)CC3)N(C(=O)Cc3cc(Cl)c(NC(=O)c4cn(C)c5ccccc45)cc3F)C2)C[C@@H](C)N1CCF. The second kappa shape index (κ2) is 16.0. The van der Waals surface area contributed by atoms with E-state index in [1.807, 2.05) is 35.9 Å². The Morgan fingerprint density at radius 2 is 1.75 bits per heavy atom. The van der Waals surface area contributed by atoms with E-state index in [4.69, 9.17) is 16.3 Å². The van der Waals surface area contributed by atoms with Gasteiger partial charge in [0.05, 0.1) is 47.4 Å². The van der Waals surface area contributed by atoms with E-state index in [0.29, 0.717) is 57.4 Å². The number of carbonyl (C=O) groups excluding carboxylic acids is 2. The van der Waals surface area contributed by atoms with E-state index in [-0.39, 0.29) is 64.8 Å². The maximum absolute atomic E-state index is 15.6. The second-order valence-corrected chi connectivity index (χ2v) is 14.9. The van der Waals surface area contributed by atoms with Gasteiger partial charge in [0.15, 0.2) is 0 Å². The summed E-state index contributed by atoms with van der Waals surface area (Å²) in [5, 5.41) is 13.0. The van der Waals surface area contributed by atoms with Gasteiger partial charge in [-0.1, -0.05) is 29.8 Å². The molecule has 2 N–H and O–H groups in total. The zero-order valence-corrected chi connectivity index (χ0v) is 30.2. The normalized spacial score (nSPS) is 26.1. The van der Waals surface area contributed by atoms with Crippen LogP contribution in [0.25, 0.3) is 10.9 Å². The van der Waals surface area contributed by atoms with Crippen molar-refractivity contribution in [2.45, 2.75) is 82.6 Å². The van der Waals surface area contributed by atoms with E-state index < -0.39 is 24.4 Å². The van der Waals surface area contributed by atoms with Gasteiger partial charge in [0, 0.05) is 68.5 Å². The summed E-state index contributed by atoms with van der Waals surface area (Å²) in [6, 6.07) is 10.2. The van der Waals surface area contributed by atoms with Gasteiger partial charge in [0.2, 0.25) is 5.91 Å². The predicted molar refractivity (Wildman–Crippen MR) is 192 cm³/mol. The van der Waals surface area contributed by atoms with Gasteiger partial charge in [-0.15, -0.1) is 0 Å². The van der Waals surface area contributed by atoms with E-state index >= 15 is 4.39 Å². The molecule has 1 unspecified atom stereocenters. The number of para-hydroxylation sites is 1. The summed E-state index contributed by atoms with van der Waals surface area (Å²) in [5.74, 6) is -2.44. The van der Waals surface area contributed by atoms with Crippen molar-refractivity contribution in [2.24, 2.45) is 13.0 Å². The molecule has 51 heavy (non-hydrogen) atoms. The van der Waals surface area contributed by atoms with Crippen molar-refractivity contribution in [3.63, 3.8) is 0 Å². The van der Waals surface area contributed by atoms with E-state index in [1.165, 1.54) is 6.07 Å². The zero-order valence-electron chi connectivity index (χ0n) is 29.5. The number of likely N-dealkylation sites (tertiary alicyclic amines) is 1. The molecule has 13 heteroatoms. The van der Waals surface area contributed by atoms with Crippen LogP contribution in [-0.2, 0) is 27.8 Å². The minimum Gasteiger partial charge on any atom is -0.481 e. The van der Waals surface area contributed by atoms with Crippen LogP contribution in [0.3, 0.4) is 0 Å². The first-order valence-corrected chi connectivity index (χ1v) is 18.3. The molecule has 0 spiro atoms. The van der Waals surface area contributed by atoms with Crippen LogP contribution in [0.4, 0.5) is 14.5 Å². The van der Waals surface area contributed by atoms with Crippen molar-refractivity contribution in [1.29, 1.82) is 0 Å². The van der Waals surface area contributed by atoms with Gasteiger partial charge < -0.3 is 24.6 Å². The number of fused-ring (bicyclic) bond motifs is 1. The van der Waals surface area contributed by atoms with Crippen LogP contribution in [0.5, 0.6) is 0 Å². The number of halogens is 3. The Hall–Kier alpha value is -3.58. The smallest absolute Gasteiger partial charge is 0.306 e. The zero-order chi connectivity index (χ0) is 36.4. The number of hydrogen-bond donors (Lipinski definition) is 2. The number of carbonyl (C=O) groups is 3. The third-order valence-corrected chi connectivity index (χ3v) is 11.4. The molecule has 6 rings (SSSR count). The summed E-state index contributed by atoms with van der Waals surface area (Å²) in [6.45, 7) is 6.46. The number of anilines is 1. The number of aryl methyl sites for hydroxylation is 1. The number of amides is 2. The predicted octanol–water partition coefficient (Wildman–Crippen LogP) is 5.76. The average Bonchev–Trinajstić information content (AvgIpc) is 3.69. The standard InChI is InChI=1S/C38H48ClF2N5O5/c1-23-18-44(19-24(2)45(23)13-12-40)27-16-28(22-51-29-10-8-25(9-11-29)38(49)50)46(20-27)36(47)15-26-14-32(39)34(17-33(26)41)42-37(48)31-21-43(3)35-7-5-4-6-30(31)35/h4-7,14,17,21,23-25,27-29H,8-13,15-16,18-20,22H2,1-3H3,(H,42,48)(H,49,50)/t23-,24?,25-,27+,28+,29-/m1/s1. The minimum atomic E-state index is -0.772. The lowest BCUT2D eigenvalue weighted by molar-refractivity contribution is -0.144. The number of ether oxygens (including phenoxy) is 1. The number of benzene rings is 2. The lowest BCUT2D eigenvalue weighted by Gasteiger charge is -2.46. The van der Waals surface area contributed by atoms with E-state index in [9.17, 15) is 23.9 Å². The van der Waals surface area contributed by atoms with Gasteiger partial charge in [0.25, 0.3) is 5.91 Å². The Morgan fingerprint density at radius 1 is 1.04 bits per heavy atom. The number of nitrogens with one attached hydrogen (secondary N) is 1. The first-order valence-electron chi connectivity index (χ1n) is 18.0. The number of nitrogens with zero attached hydrogens (tertiary/aromatic N) is 4. The Morgan fingerprint density at radius 3 is 2.43 bits per heavy atom. The molecular weight excluding hydrogens is 680 g/mol. The van der Waals surface area contributed by atoms with Crippen LogP contribution in [0, 0.1) is 11.7 Å². The molecule has 2 aromatic carbocycles. The van der Waals surface area contributed by atoms with E-state index in [2.05, 4.69) is 29.0 Å². The fraction of sp³-hybridized carbons (Fsp3) is 0.553. The molecule has 3 fully saturated rings. The largest absolute Gasteiger partial charge is 0.481 e. The summed E-state index contributed by atoms with van der Waals surface area (Å²) in [4.78, 5) is 45.0. The number of rotatable bonds is 11. The Kier molecular flexibility index (Phi) is 11.6. The fourth-order valence-electron chi connectivity index (χ4n) is 8.37. The van der Waals surface area contributed by atoms with Gasteiger partial charge in [-0.2, -0.15) is 0 Å². The van der Waals surface area contributed by atoms with Crippen LogP contribution in [-0.4, -0.2) is 112 Å². The number of carboxylic acid groups (broad SMARTS) is 1. The molecule has 3 heterocycles.